The Morgan fingerprint density at radius 1 is 1.67 bits per heavy atom. The van der Waals surface area contributed by atoms with Crippen molar-refractivity contribution in [1.82, 2.24) is 10.9 Å². The molecule has 5 nitrogen and oxygen atoms in total. The summed E-state index contributed by atoms with van der Waals surface area (Å²) in [5, 5.41) is 0.148. The van der Waals surface area contributed by atoms with Crippen molar-refractivity contribution in [3.63, 3.8) is 0 Å². The normalized spacial score (nSPS) is 15.3. The van der Waals surface area contributed by atoms with Crippen molar-refractivity contribution in [2.75, 3.05) is 7.05 Å². The molecule has 1 heterocycles. The van der Waals surface area contributed by atoms with E-state index >= 15 is 0 Å². The van der Waals surface area contributed by atoms with Gasteiger partial charge in [-0.15, -0.1) is 0 Å². The van der Waals surface area contributed by atoms with E-state index in [-0.39, 0.29) is 23.3 Å². The van der Waals surface area contributed by atoms with Crippen LogP contribution in [0.15, 0.2) is 11.4 Å². The van der Waals surface area contributed by atoms with E-state index in [0.29, 0.717) is 6.42 Å². The Kier molecular flexibility index (Phi) is 5.24. The molecule has 0 amide bonds. The Morgan fingerprint density at radius 3 is 2.80 bits per heavy atom. The van der Waals surface area contributed by atoms with E-state index in [1.54, 1.807) is 10.8 Å². The summed E-state index contributed by atoms with van der Waals surface area (Å²) in [7, 11) is 1.81. The molecular weight excluding hydrogens is 236 g/mol. The van der Waals surface area contributed by atoms with Crippen molar-refractivity contribution in [3.05, 3.63) is 11.4 Å². The average molecular weight is 249 g/mol. The van der Waals surface area contributed by atoms with E-state index in [4.69, 9.17) is 5.73 Å². The molecule has 1 aliphatic heterocycles. The molecule has 0 aliphatic carbocycles. The van der Waals surface area contributed by atoms with E-state index in [9.17, 15) is 4.79 Å². The summed E-state index contributed by atoms with van der Waals surface area (Å²) < 4.78 is 1.76. The molecule has 0 aromatic rings. The van der Waals surface area contributed by atoms with E-state index in [0.717, 1.165) is 11.4 Å². The summed E-state index contributed by atoms with van der Waals surface area (Å²) in [4.78, 5) is 11.2. The summed E-state index contributed by atoms with van der Waals surface area (Å²) >= 11 is 4.64. The van der Waals surface area contributed by atoms with Gasteiger partial charge in [0.05, 0.1) is 6.42 Å². The van der Waals surface area contributed by atoms with Crippen molar-refractivity contribution in [2.24, 2.45) is 5.73 Å². The summed E-state index contributed by atoms with van der Waals surface area (Å²) in [5.41, 5.74) is 12.4. The molecule has 15 heavy (non-hydrogen) atoms. The Labute approximate surface area is 99.8 Å². The lowest BCUT2D eigenvalue weighted by Gasteiger charge is -2.14. The molecule has 84 valence electrons. The fourth-order valence-corrected chi connectivity index (χ4v) is 1.20. The number of halogens is 1. The van der Waals surface area contributed by atoms with E-state index in [1.807, 2.05) is 14.0 Å². The van der Waals surface area contributed by atoms with Gasteiger partial charge in [-0.1, -0.05) is 0 Å². The maximum Gasteiger partial charge on any atom is 0.224 e. The molecule has 1 rings (SSSR count). The van der Waals surface area contributed by atoms with Crippen LogP contribution in [0.4, 0.5) is 0 Å². The van der Waals surface area contributed by atoms with Crippen molar-refractivity contribution in [2.45, 2.75) is 13.3 Å². The van der Waals surface area contributed by atoms with Crippen LogP contribution in [0, 0.1) is 0 Å². The van der Waals surface area contributed by atoms with E-state index in [2.05, 4.69) is 23.1 Å². The zero-order valence-corrected chi connectivity index (χ0v) is 10.1. The van der Waals surface area contributed by atoms with Crippen LogP contribution in [0.2, 0.25) is 0 Å². The summed E-state index contributed by atoms with van der Waals surface area (Å²) in [6.45, 7) is 1.91. The molecule has 0 aromatic carbocycles. The highest BCUT2D eigenvalue weighted by Crippen LogP contribution is 2.09. The molecule has 0 spiro atoms. The minimum Gasteiger partial charge on any atom is -1.00 e. The maximum absolute atomic E-state index is 11.2. The smallest absolute Gasteiger partial charge is 0.224 e. The number of hydrazine groups is 1. The Balaban J connectivity index is 0.00000196. The Bertz CT molecular complexity index is 351. The molecule has 0 saturated heterocycles. The van der Waals surface area contributed by atoms with Crippen molar-refractivity contribution < 1.29 is 21.8 Å². The van der Waals surface area contributed by atoms with Gasteiger partial charge < -0.3 is 18.1 Å². The first-order valence-electron chi connectivity index (χ1n) is 4.12. The second kappa shape index (κ2) is 5.67. The van der Waals surface area contributed by atoms with Gasteiger partial charge in [0.25, 0.3) is 0 Å². The van der Waals surface area contributed by atoms with Gasteiger partial charge in [0.1, 0.15) is 12.7 Å². The third kappa shape index (κ3) is 3.85. The minimum absolute atomic E-state index is 0. The maximum atomic E-state index is 11.2. The quantitative estimate of drug-likeness (QED) is 0.266. The lowest BCUT2D eigenvalue weighted by atomic mass is 10.1. The lowest BCUT2D eigenvalue weighted by Crippen LogP contribution is -3.00. The predicted octanol–water partition coefficient (Wildman–Crippen LogP) is -3.75. The highest BCUT2D eigenvalue weighted by molar-refractivity contribution is 7.80. The van der Waals surface area contributed by atoms with Crippen LogP contribution in [0.25, 0.3) is 0 Å². The second-order valence-electron chi connectivity index (χ2n) is 3.06. The van der Waals surface area contributed by atoms with E-state index < -0.39 is 0 Å². The number of allylic oxidation sites excluding steroid dienone is 2. The first kappa shape index (κ1) is 13.9. The highest BCUT2D eigenvalue weighted by atomic mass is 35.5. The van der Waals surface area contributed by atoms with Gasteiger partial charge in [-0.25, -0.2) is 4.58 Å². The fraction of sp³-hybridized carbons (Fsp3) is 0.375. The molecule has 0 fully saturated rings. The number of ketones is 1. The summed E-state index contributed by atoms with van der Waals surface area (Å²) in [6, 6.07) is 0. The topological polar surface area (TPSA) is 70.2 Å². The molecule has 0 unspecified atom stereocenters. The SMILES string of the molecule is CC1=C(NNC(N)=S)CC(=O)C=[N+]1C.[Cl-]. The molecule has 0 aromatic heterocycles. The van der Waals surface area contributed by atoms with Crippen LogP contribution < -0.4 is 29.0 Å². The number of thiocarbonyl (C=S) groups is 1. The zero-order valence-electron chi connectivity index (χ0n) is 8.50. The van der Waals surface area contributed by atoms with Gasteiger partial charge in [-0.05, 0) is 12.2 Å². The van der Waals surface area contributed by atoms with Gasteiger partial charge >= 0.3 is 0 Å². The number of nitrogens with two attached hydrogens (primary N) is 1. The number of carbonyl (C=O) groups is 1. The number of Topliss-reactive ketones (excluding diaryl/α,β-unsaturated/α-hetero) is 1. The number of nitrogens with one attached hydrogen (secondary N) is 2. The van der Waals surface area contributed by atoms with Gasteiger partial charge in [0.15, 0.2) is 10.8 Å². The average Bonchev–Trinajstić information content (AvgIpc) is 2.08. The third-order valence-electron chi connectivity index (χ3n) is 1.99. The summed E-state index contributed by atoms with van der Waals surface area (Å²) in [6.07, 6.45) is 1.90. The van der Waals surface area contributed by atoms with Gasteiger partial charge in [0.2, 0.25) is 12.0 Å². The molecular formula is C8H13ClN4OS. The molecule has 7 heteroatoms. The van der Waals surface area contributed by atoms with Crippen LogP contribution in [-0.2, 0) is 4.79 Å². The predicted molar refractivity (Wildman–Crippen MR) is 57.6 cm³/mol. The van der Waals surface area contributed by atoms with Crippen LogP contribution in [0.3, 0.4) is 0 Å². The number of hydrogen-bond acceptors (Lipinski definition) is 3. The third-order valence-corrected chi connectivity index (χ3v) is 2.09. The van der Waals surface area contributed by atoms with Gasteiger partial charge in [-0.3, -0.25) is 15.6 Å². The number of nitrogens with zero attached hydrogens (tertiary/aromatic N) is 1. The number of rotatable bonds is 2. The van der Waals surface area contributed by atoms with E-state index in [1.165, 1.54) is 0 Å². The molecule has 0 saturated carbocycles. The molecule has 0 atom stereocenters. The molecule has 0 radical (unpaired) electrons. The summed E-state index contributed by atoms with van der Waals surface area (Å²) in [5.74, 6) is 0.0466. The standard InChI is InChI=1S/C8H12N4OS.ClH/c1-5-7(10-11-8(9)14)3-6(13)4-12(5)2;/h4H,3H2,1-2H3,(H3,9,13,14);1H. The fourth-order valence-electron chi connectivity index (χ4n) is 1.15. The Morgan fingerprint density at radius 2 is 2.27 bits per heavy atom. The Hall–Kier alpha value is -1.14. The van der Waals surface area contributed by atoms with Crippen LogP contribution >= 0.6 is 12.2 Å². The first-order chi connectivity index (χ1) is 6.50. The van der Waals surface area contributed by atoms with Crippen molar-refractivity contribution in [3.8, 4) is 0 Å². The zero-order chi connectivity index (χ0) is 10.7. The van der Waals surface area contributed by atoms with Crippen LogP contribution in [0.5, 0.6) is 0 Å². The number of hydrogen-bond donors (Lipinski definition) is 3. The van der Waals surface area contributed by atoms with Gasteiger partial charge in [0, 0.05) is 6.92 Å². The van der Waals surface area contributed by atoms with Gasteiger partial charge in [-0.2, -0.15) is 0 Å². The van der Waals surface area contributed by atoms with Crippen LogP contribution in [0.1, 0.15) is 13.3 Å². The molecule has 4 N–H and O–H groups in total. The first-order valence-corrected chi connectivity index (χ1v) is 4.53. The monoisotopic (exact) mass is 248 g/mol. The van der Waals surface area contributed by atoms with Crippen molar-refractivity contribution in [1.29, 1.82) is 0 Å². The van der Waals surface area contributed by atoms with Crippen molar-refractivity contribution >= 4 is 29.3 Å². The number of carbonyl (C=O) groups excluding carboxylic acids is 1. The molecule has 1 aliphatic rings. The highest BCUT2D eigenvalue weighted by Gasteiger charge is 2.21. The second-order valence-corrected chi connectivity index (χ2v) is 3.50. The lowest BCUT2D eigenvalue weighted by molar-refractivity contribution is -0.440. The molecule has 0 bridgehead atoms. The minimum atomic E-state index is 0. The van der Waals surface area contributed by atoms with Crippen LogP contribution in [-0.4, -0.2) is 28.7 Å². The largest absolute Gasteiger partial charge is 1.00 e.